The van der Waals surface area contributed by atoms with Gasteiger partial charge in [0.1, 0.15) is 23.9 Å². The van der Waals surface area contributed by atoms with Gasteiger partial charge in [-0.2, -0.15) is 5.10 Å². The monoisotopic (exact) mass is 458 g/mol. The van der Waals surface area contributed by atoms with E-state index in [1.807, 2.05) is 30.3 Å². The summed E-state index contributed by atoms with van der Waals surface area (Å²) < 4.78 is 16.2. The number of benzene rings is 3. The van der Waals surface area contributed by atoms with Crippen LogP contribution in [0.5, 0.6) is 17.2 Å². The van der Waals surface area contributed by atoms with Gasteiger partial charge in [0, 0.05) is 17.2 Å². The Morgan fingerprint density at radius 3 is 2.35 bits per heavy atom. The zero-order valence-electron chi connectivity index (χ0n) is 16.9. The Bertz CT molecular complexity index is 1080. The molecule has 0 unspecified atom stereocenters. The maximum absolute atomic E-state index is 12.4. The summed E-state index contributed by atoms with van der Waals surface area (Å²) in [5, 5.41) is 5.00. The summed E-state index contributed by atoms with van der Waals surface area (Å²) in [5.74, 6) is 1.22. The Balaban J connectivity index is 1.67. The average Bonchev–Trinajstić information content (AvgIpc) is 2.80. The number of nitrogens with one attached hydrogen (secondary N) is 1. The van der Waals surface area contributed by atoms with E-state index in [2.05, 4.69) is 10.5 Å². The first-order chi connectivity index (χ1) is 15.0. The molecule has 1 N–H and O–H groups in total. The minimum Gasteiger partial charge on any atom is -0.497 e. The van der Waals surface area contributed by atoms with Gasteiger partial charge in [-0.15, -0.1) is 0 Å². The quantitative estimate of drug-likeness (QED) is 0.364. The number of methoxy groups -OCH3 is 2. The molecule has 0 radical (unpaired) electrons. The van der Waals surface area contributed by atoms with Crippen LogP contribution < -0.4 is 19.6 Å². The Morgan fingerprint density at radius 1 is 0.968 bits per heavy atom. The Labute approximate surface area is 190 Å². The highest BCUT2D eigenvalue weighted by Gasteiger charge is 2.09. The number of carbonyl (C=O) groups is 1. The van der Waals surface area contributed by atoms with E-state index in [1.54, 1.807) is 30.3 Å². The van der Waals surface area contributed by atoms with E-state index in [-0.39, 0.29) is 0 Å². The molecule has 0 spiro atoms. The number of hydrogen-bond donors (Lipinski definition) is 1. The lowest BCUT2D eigenvalue weighted by atomic mass is 10.2. The third-order valence-electron chi connectivity index (χ3n) is 4.28. The van der Waals surface area contributed by atoms with Crippen LogP contribution in [-0.4, -0.2) is 26.3 Å². The van der Waals surface area contributed by atoms with Crippen LogP contribution in [0.3, 0.4) is 0 Å². The van der Waals surface area contributed by atoms with Gasteiger partial charge in [0.25, 0.3) is 5.91 Å². The molecule has 0 fully saturated rings. The lowest BCUT2D eigenvalue weighted by Crippen LogP contribution is -2.17. The molecule has 6 nitrogen and oxygen atoms in total. The highest BCUT2D eigenvalue weighted by Crippen LogP contribution is 2.24. The summed E-state index contributed by atoms with van der Waals surface area (Å²) in [5.41, 5.74) is 4.43. The summed E-state index contributed by atoms with van der Waals surface area (Å²) in [6.45, 7) is 0.303. The number of hydrazone groups is 1. The fourth-order valence-electron chi connectivity index (χ4n) is 2.67. The molecule has 3 aromatic rings. The first kappa shape index (κ1) is 22.5. The standard InChI is InChI=1S/C23H20Cl2N2O4/c1-29-18-10-17(11-19(12-18)30-2)23(28)27-26-13-16-5-3-4-6-22(16)31-14-15-7-8-20(24)21(25)9-15/h3-13H,14H2,1-2H3,(H,27,28). The number of rotatable bonds is 8. The lowest BCUT2D eigenvalue weighted by Gasteiger charge is -2.10. The van der Waals surface area contributed by atoms with Crippen molar-refractivity contribution in [3.8, 4) is 17.2 Å². The van der Waals surface area contributed by atoms with Gasteiger partial charge in [-0.3, -0.25) is 4.79 Å². The number of amides is 1. The lowest BCUT2D eigenvalue weighted by molar-refractivity contribution is 0.0954. The summed E-state index contributed by atoms with van der Waals surface area (Å²) in [6.07, 6.45) is 1.51. The van der Waals surface area contributed by atoms with E-state index < -0.39 is 5.91 Å². The van der Waals surface area contributed by atoms with Crippen LogP contribution in [0.1, 0.15) is 21.5 Å². The van der Waals surface area contributed by atoms with Crippen molar-refractivity contribution in [3.63, 3.8) is 0 Å². The molecule has 0 saturated heterocycles. The van der Waals surface area contributed by atoms with Crippen LogP contribution in [0.15, 0.2) is 65.8 Å². The summed E-state index contributed by atoms with van der Waals surface area (Å²) in [4.78, 5) is 12.4. The van der Waals surface area contributed by atoms with Crippen molar-refractivity contribution in [1.29, 1.82) is 0 Å². The third-order valence-corrected chi connectivity index (χ3v) is 5.02. The molecular weight excluding hydrogens is 439 g/mol. The van der Waals surface area contributed by atoms with Gasteiger partial charge in [0.15, 0.2) is 0 Å². The SMILES string of the molecule is COc1cc(OC)cc(C(=O)NN=Cc2ccccc2OCc2ccc(Cl)c(Cl)c2)c1. The van der Waals surface area contributed by atoms with Crippen molar-refractivity contribution in [3.05, 3.63) is 87.4 Å². The van der Waals surface area contributed by atoms with E-state index in [1.165, 1.54) is 20.4 Å². The molecule has 0 saturated carbocycles. The molecule has 31 heavy (non-hydrogen) atoms. The third kappa shape index (κ3) is 6.13. The Kier molecular flexibility index (Phi) is 7.76. The van der Waals surface area contributed by atoms with Gasteiger partial charge in [-0.05, 0) is 42.0 Å². The minimum atomic E-state index is -0.400. The predicted molar refractivity (Wildman–Crippen MR) is 122 cm³/mol. The summed E-state index contributed by atoms with van der Waals surface area (Å²) >= 11 is 12.0. The van der Waals surface area contributed by atoms with Gasteiger partial charge in [0.05, 0.1) is 30.5 Å². The number of nitrogens with zero attached hydrogens (tertiary/aromatic N) is 1. The van der Waals surface area contributed by atoms with Crippen LogP contribution in [0.4, 0.5) is 0 Å². The number of carbonyl (C=O) groups excluding carboxylic acids is 1. The van der Waals surface area contributed by atoms with Crippen LogP contribution in [0.25, 0.3) is 0 Å². The van der Waals surface area contributed by atoms with Crippen LogP contribution in [-0.2, 0) is 6.61 Å². The van der Waals surface area contributed by atoms with E-state index in [4.69, 9.17) is 37.4 Å². The maximum Gasteiger partial charge on any atom is 0.271 e. The van der Waals surface area contributed by atoms with Gasteiger partial charge in [0.2, 0.25) is 0 Å². The fourth-order valence-corrected chi connectivity index (χ4v) is 2.99. The maximum atomic E-state index is 12.4. The molecule has 0 aliphatic carbocycles. The zero-order chi connectivity index (χ0) is 22.2. The summed E-state index contributed by atoms with van der Waals surface area (Å²) in [6, 6.07) is 17.5. The van der Waals surface area contributed by atoms with E-state index in [9.17, 15) is 4.79 Å². The molecular formula is C23H20Cl2N2O4. The first-order valence-corrected chi connectivity index (χ1v) is 9.98. The number of hydrogen-bond acceptors (Lipinski definition) is 5. The highest BCUT2D eigenvalue weighted by molar-refractivity contribution is 6.42. The molecule has 1 amide bonds. The van der Waals surface area contributed by atoms with Crippen molar-refractivity contribution in [2.75, 3.05) is 14.2 Å². The molecule has 0 aliphatic heterocycles. The van der Waals surface area contributed by atoms with Crippen molar-refractivity contribution in [2.45, 2.75) is 6.61 Å². The average molecular weight is 459 g/mol. The predicted octanol–water partition coefficient (Wildman–Crippen LogP) is 5.35. The summed E-state index contributed by atoms with van der Waals surface area (Å²) in [7, 11) is 3.03. The second kappa shape index (κ2) is 10.7. The van der Waals surface area contributed by atoms with Crippen LogP contribution in [0, 0.1) is 0 Å². The molecule has 0 aromatic heterocycles. The van der Waals surface area contributed by atoms with Crippen LogP contribution in [0.2, 0.25) is 10.0 Å². The molecule has 0 atom stereocenters. The first-order valence-electron chi connectivity index (χ1n) is 9.22. The highest BCUT2D eigenvalue weighted by atomic mass is 35.5. The van der Waals surface area contributed by atoms with Crippen molar-refractivity contribution in [1.82, 2.24) is 5.43 Å². The smallest absolute Gasteiger partial charge is 0.271 e. The van der Waals surface area contributed by atoms with E-state index >= 15 is 0 Å². The second-order valence-corrected chi connectivity index (χ2v) is 7.19. The molecule has 0 bridgehead atoms. The van der Waals surface area contributed by atoms with Gasteiger partial charge >= 0.3 is 0 Å². The normalized spacial score (nSPS) is 10.7. The van der Waals surface area contributed by atoms with Crippen molar-refractivity contribution >= 4 is 35.3 Å². The second-order valence-electron chi connectivity index (χ2n) is 6.38. The van der Waals surface area contributed by atoms with Gasteiger partial charge in [-0.25, -0.2) is 5.43 Å². The number of para-hydroxylation sites is 1. The van der Waals surface area contributed by atoms with Crippen molar-refractivity contribution < 1.29 is 19.0 Å². The minimum absolute atomic E-state index is 0.303. The number of halogens is 2. The van der Waals surface area contributed by atoms with E-state index in [0.29, 0.717) is 45.0 Å². The molecule has 0 heterocycles. The van der Waals surface area contributed by atoms with Crippen molar-refractivity contribution in [2.24, 2.45) is 5.10 Å². The van der Waals surface area contributed by atoms with Gasteiger partial charge < -0.3 is 14.2 Å². The van der Waals surface area contributed by atoms with Gasteiger partial charge in [-0.1, -0.05) is 41.4 Å². The Morgan fingerprint density at radius 2 is 1.68 bits per heavy atom. The molecule has 160 valence electrons. The largest absolute Gasteiger partial charge is 0.497 e. The zero-order valence-corrected chi connectivity index (χ0v) is 18.4. The van der Waals surface area contributed by atoms with E-state index in [0.717, 1.165) is 5.56 Å². The van der Waals surface area contributed by atoms with Crippen LogP contribution >= 0.6 is 23.2 Å². The fraction of sp³-hybridized carbons (Fsp3) is 0.130. The molecule has 3 rings (SSSR count). The topological polar surface area (TPSA) is 69.2 Å². The number of ether oxygens (including phenoxy) is 3. The molecule has 3 aromatic carbocycles. The molecule has 8 heteroatoms. The Hall–Kier alpha value is -3.22. The molecule has 0 aliphatic rings.